The second-order valence-corrected chi connectivity index (χ2v) is 7.50. The van der Waals surface area contributed by atoms with Gasteiger partial charge in [0, 0.05) is 16.5 Å². The number of amides is 2. The molecule has 0 aliphatic heterocycles. The van der Waals surface area contributed by atoms with Crippen LogP contribution in [0.25, 0.3) is 0 Å². The topological polar surface area (TPSA) is 137 Å². The fraction of sp³-hybridized carbons (Fsp3) is 0.353. The van der Waals surface area contributed by atoms with Gasteiger partial charge in [-0.2, -0.15) is 0 Å². The van der Waals surface area contributed by atoms with Gasteiger partial charge >= 0.3 is 0 Å². The molecule has 0 bridgehead atoms. The van der Waals surface area contributed by atoms with Crippen LogP contribution in [0.4, 0.5) is 10.7 Å². The number of fused-ring (bicyclic) bond motifs is 1. The number of rotatable bonds is 5. The van der Waals surface area contributed by atoms with E-state index in [1.807, 2.05) is 0 Å². The maximum atomic E-state index is 12.4. The number of nitrogens with two attached hydrogens (primary N) is 1. The molecule has 2 amide bonds. The van der Waals surface area contributed by atoms with E-state index in [0.717, 1.165) is 53.0 Å². The first-order chi connectivity index (χ1) is 12.8. The van der Waals surface area contributed by atoms with Crippen LogP contribution in [0, 0.1) is 17.0 Å². The molecule has 0 unspecified atom stereocenters. The molecule has 0 saturated carbocycles. The van der Waals surface area contributed by atoms with E-state index in [-0.39, 0.29) is 11.3 Å². The Kier molecular flexibility index (Phi) is 5.08. The molecule has 1 aliphatic carbocycles. The summed E-state index contributed by atoms with van der Waals surface area (Å²) >= 11 is 1.32. The molecular weight excluding hydrogens is 372 g/mol. The summed E-state index contributed by atoms with van der Waals surface area (Å²) in [5.41, 5.74) is 6.16. The predicted octanol–water partition coefficient (Wildman–Crippen LogP) is 1.74. The van der Waals surface area contributed by atoms with Gasteiger partial charge in [-0.3, -0.25) is 29.1 Å². The van der Waals surface area contributed by atoms with Gasteiger partial charge in [-0.05, 0) is 38.2 Å². The van der Waals surface area contributed by atoms with Crippen molar-refractivity contribution in [3.8, 4) is 0 Å². The van der Waals surface area contributed by atoms with E-state index in [2.05, 4.69) is 5.32 Å². The number of pyridine rings is 1. The van der Waals surface area contributed by atoms with E-state index in [4.69, 9.17) is 5.73 Å². The molecule has 3 N–H and O–H groups in total. The molecule has 27 heavy (non-hydrogen) atoms. The van der Waals surface area contributed by atoms with Crippen molar-refractivity contribution in [3.05, 3.63) is 54.3 Å². The summed E-state index contributed by atoms with van der Waals surface area (Å²) in [6, 6.07) is 1.12. The Morgan fingerprint density at radius 3 is 2.74 bits per heavy atom. The number of nitrogens with one attached hydrogen (secondary N) is 1. The highest BCUT2D eigenvalue weighted by atomic mass is 32.1. The van der Waals surface area contributed by atoms with Gasteiger partial charge in [0.1, 0.15) is 11.5 Å². The summed E-state index contributed by atoms with van der Waals surface area (Å²) in [4.78, 5) is 47.7. The van der Waals surface area contributed by atoms with Crippen LogP contribution in [-0.2, 0) is 24.2 Å². The molecule has 0 spiro atoms. The first kappa shape index (κ1) is 18.8. The number of hydrogen-bond acceptors (Lipinski definition) is 6. The van der Waals surface area contributed by atoms with E-state index in [0.29, 0.717) is 10.6 Å². The monoisotopic (exact) mass is 390 g/mol. The van der Waals surface area contributed by atoms with Gasteiger partial charge in [0.05, 0.1) is 16.7 Å². The third-order valence-corrected chi connectivity index (χ3v) is 5.69. The molecule has 9 nitrogen and oxygen atoms in total. The minimum atomic E-state index is -0.609. The van der Waals surface area contributed by atoms with Gasteiger partial charge in [0.2, 0.25) is 5.91 Å². The lowest BCUT2D eigenvalue weighted by atomic mass is 9.95. The fourth-order valence-electron chi connectivity index (χ4n) is 3.21. The molecule has 0 saturated heterocycles. The molecule has 0 radical (unpaired) electrons. The Bertz CT molecular complexity index is 1010. The molecule has 10 heteroatoms. The van der Waals surface area contributed by atoms with Crippen LogP contribution in [0.2, 0.25) is 0 Å². The smallest absolute Gasteiger partial charge is 0.288 e. The van der Waals surface area contributed by atoms with Crippen LogP contribution in [-0.4, -0.2) is 21.3 Å². The number of primary amides is 1. The van der Waals surface area contributed by atoms with Gasteiger partial charge in [0.25, 0.3) is 17.2 Å². The molecule has 2 aromatic rings. The fourth-order valence-corrected chi connectivity index (χ4v) is 4.52. The maximum absolute atomic E-state index is 12.4. The second-order valence-electron chi connectivity index (χ2n) is 6.39. The Morgan fingerprint density at radius 2 is 2.07 bits per heavy atom. The van der Waals surface area contributed by atoms with Gasteiger partial charge in [-0.25, -0.2) is 0 Å². The lowest BCUT2D eigenvalue weighted by Crippen LogP contribution is -2.28. The van der Waals surface area contributed by atoms with Crippen molar-refractivity contribution in [2.45, 2.75) is 39.2 Å². The van der Waals surface area contributed by atoms with Crippen LogP contribution >= 0.6 is 11.3 Å². The largest absolute Gasteiger partial charge is 0.365 e. The van der Waals surface area contributed by atoms with Crippen LogP contribution in [0.3, 0.4) is 0 Å². The zero-order chi connectivity index (χ0) is 19.7. The van der Waals surface area contributed by atoms with E-state index in [9.17, 15) is 24.5 Å². The van der Waals surface area contributed by atoms with E-state index in [1.165, 1.54) is 18.3 Å². The number of aromatic nitrogens is 1. The molecule has 2 aromatic heterocycles. The van der Waals surface area contributed by atoms with E-state index in [1.54, 1.807) is 0 Å². The van der Waals surface area contributed by atoms with E-state index >= 15 is 0 Å². The molecule has 1 aliphatic rings. The minimum absolute atomic E-state index is 0.226. The molecule has 2 heterocycles. The van der Waals surface area contributed by atoms with Crippen molar-refractivity contribution in [1.82, 2.24) is 4.57 Å². The normalized spacial score (nSPS) is 13.1. The minimum Gasteiger partial charge on any atom is -0.365 e. The number of hydrogen-bond donors (Lipinski definition) is 2. The van der Waals surface area contributed by atoms with Crippen LogP contribution in [0.5, 0.6) is 0 Å². The Hall–Kier alpha value is -3.01. The Balaban J connectivity index is 1.86. The number of carbonyl (C=O) groups is 2. The van der Waals surface area contributed by atoms with Crippen molar-refractivity contribution >= 4 is 33.8 Å². The third kappa shape index (κ3) is 3.75. The highest BCUT2D eigenvalue weighted by Gasteiger charge is 2.25. The molecule has 0 aromatic carbocycles. The maximum Gasteiger partial charge on any atom is 0.288 e. The lowest BCUT2D eigenvalue weighted by Gasteiger charge is -2.11. The molecule has 142 valence electrons. The van der Waals surface area contributed by atoms with Crippen molar-refractivity contribution in [1.29, 1.82) is 0 Å². The second kappa shape index (κ2) is 7.31. The van der Waals surface area contributed by atoms with Gasteiger partial charge in [-0.1, -0.05) is 0 Å². The number of nitrogens with zero attached hydrogens (tertiary/aromatic N) is 2. The highest BCUT2D eigenvalue weighted by molar-refractivity contribution is 7.17. The average Bonchev–Trinajstić information content (AvgIpc) is 2.94. The average molecular weight is 390 g/mol. The summed E-state index contributed by atoms with van der Waals surface area (Å²) in [6.07, 6.45) is 4.59. The molecule has 0 atom stereocenters. The van der Waals surface area contributed by atoms with Gasteiger partial charge in [0.15, 0.2) is 0 Å². The molecular formula is C17H18N4O5S. The van der Waals surface area contributed by atoms with Crippen LogP contribution < -0.4 is 16.6 Å². The standard InChI is InChI=1S/C17H18N4O5S/c1-9-6-14(23)20(7-11(9)21(25)26)8-13(22)19-17-15(16(18)24)10-4-2-3-5-12(10)27-17/h6-7H,2-5,8H2,1H3,(H2,18,24)(H,19,22). The quantitative estimate of drug-likeness (QED) is 0.592. The summed E-state index contributed by atoms with van der Waals surface area (Å²) in [7, 11) is 0. The summed E-state index contributed by atoms with van der Waals surface area (Å²) in [5, 5.41) is 14.0. The molecule has 3 rings (SSSR count). The lowest BCUT2D eigenvalue weighted by molar-refractivity contribution is -0.385. The Morgan fingerprint density at radius 1 is 1.37 bits per heavy atom. The number of anilines is 1. The highest BCUT2D eigenvalue weighted by Crippen LogP contribution is 2.37. The number of thiophene rings is 1. The van der Waals surface area contributed by atoms with Crippen molar-refractivity contribution < 1.29 is 14.5 Å². The Labute approximate surface area is 157 Å². The van der Waals surface area contributed by atoms with E-state index < -0.39 is 28.8 Å². The van der Waals surface area contributed by atoms with Crippen LogP contribution in [0.1, 0.15) is 39.2 Å². The molecule has 0 fully saturated rings. The predicted molar refractivity (Wildman–Crippen MR) is 100 cm³/mol. The summed E-state index contributed by atoms with van der Waals surface area (Å²) in [6.45, 7) is 1.06. The number of nitro groups is 1. The number of aryl methyl sites for hydroxylation is 2. The number of carbonyl (C=O) groups excluding carboxylic acids is 2. The van der Waals surface area contributed by atoms with Crippen molar-refractivity contribution in [2.75, 3.05) is 5.32 Å². The first-order valence-electron chi connectivity index (χ1n) is 8.37. The van der Waals surface area contributed by atoms with Crippen molar-refractivity contribution in [2.24, 2.45) is 5.73 Å². The zero-order valence-electron chi connectivity index (χ0n) is 14.6. The summed E-state index contributed by atoms with van der Waals surface area (Å²) in [5.74, 6) is -1.16. The first-order valence-corrected chi connectivity index (χ1v) is 9.19. The van der Waals surface area contributed by atoms with Crippen LogP contribution in [0.15, 0.2) is 17.1 Å². The van der Waals surface area contributed by atoms with Gasteiger partial charge < -0.3 is 11.1 Å². The zero-order valence-corrected chi connectivity index (χ0v) is 15.4. The van der Waals surface area contributed by atoms with Crippen molar-refractivity contribution in [3.63, 3.8) is 0 Å². The van der Waals surface area contributed by atoms with Gasteiger partial charge in [-0.15, -0.1) is 11.3 Å². The third-order valence-electron chi connectivity index (χ3n) is 4.49. The SMILES string of the molecule is Cc1cc(=O)n(CC(=O)Nc2sc3c(c2C(N)=O)CCCC3)cc1[N+](=O)[O-]. The summed E-state index contributed by atoms with van der Waals surface area (Å²) < 4.78 is 0.970.